The smallest absolute Gasteiger partial charge is 0.329 e. The second-order valence-electron chi connectivity index (χ2n) is 14.9. The molecule has 2 saturated heterocycles. The van der Waals surface area contributed by atoms with Gasteiger partial charge in [-0.15, -0.1) is 0 Å². The molecule has 18 heteroatoms. The molecule has 6 heterocycles. The number of nitrogens with one attached hydrogen (secondary N) is 2. The summed E-state index contributed by atoms with van der Waals surface area (Å²) in [5.41, 5.74) is 0.759. The second kappa shape index (κ2) is 14.6. The average molecular weight is 762 g/mol. The van der Waals surface area contributed by atoms with Crippen LogP contribution >= 0.6 is 0 Å². The number of aromatic nitrogens is 7. The highest BCUT2D eigenvalue weighted by Gasteiger charge is 2.34. The van der Waals surface area contributed by atoms with Crippen molar-refractivity contribution in [1.82, 2.24) is 43.7 Å². The first-order valence-corrected chi connectivity index (χ1v) is 18.6. The van der Waals surface area contributed by atoms with E-state index in [1.165, 1.54) is 44.4 Å². The Morgan fingerprint density at radius 2 is 1.84 bits per heavy atom. The molecule has 290 valence electrons. The highest BCUT2D eigenvalue weighted by atomic mass is 19.3. The van der Waals surface area contributed by atoms with Crippen molar-refractivity contribution in [1.29, 1.82) is 0 Å². The van der Waals surface area contributed by atoms with Gasteiger partial charge in [-0.25, -0.2) is 27.5 Å². The number of fused-ring (bicyclic) bond motifs is 2. The quantitative estimate of drug-likeness (QED) is 0.210. The van der Waals surface area contributed by atoms with Gasteiger partial charge in [-0.3, -0.25) is 33.5 Å². The van der Waals surface area contributed by atoms with Gasteiger partial charge in [0.05, 0.1) is 34.6 Å². The van der Waals surface area contributed by atoms with Crippen molar-refractivity contribution in [2.24, 2.45) is 13.0 Å². The largest absolute Gasteiger partial charge is 0.367 e. The molecule has 3 fully saturated rings. The van der Waals surface area contributed by atoms with Gasteiger partial charge >= 0.3 is 5.69 Å². The number of anilines is 2. The summed E-state index contributed by atoms with van der Waals surface area (Å²) >= 11 is 0. The van der Waals surface area contributed by atoms with E-state index in [9.17, 15) is 28.0 Å². The molecule has 2 aliphatic heterocycles. The molecule has 1 saturated carbocycles. The molecule has 3 amide bonds. The lowest BCUT2D eigenvalue weighted by Gasteiger charge is -2.40. The fraction of sp³-hybridized carbons (Fsp3) is 0.486. The highest BCUT2D eigenvalue weighted by molar-refractivity contribution is 6.08. The number of carbonyl (C=O) groups excluding carboxylic acids is 3. The standard InChI is InChI=1S/C37H42F3N11O4/c1-46(22-12-16-48(17-13-22)31-25(38)8-9-27-32(31)47(2)37(55)51(27)28-10-11-29(52)44-36(28)54)19-21-4-6-23(7-5-21)50-20-26(30(45-50)33(39)40)43-35(53)24-18-42-49-15-3-14-41-34(24)49/h3,8-9,14-15,18,20-23,28,33H,4-7,10-13,16-17,19H2,1-2H3,(H,43,53)(H,44,52,54)/t21-,23-,28?. The fourth-order valence-electron chi connectivity index (χ4n) is 8.67. The van der Waals surface area contributed by atoms with Crippen LogP contribution in [-0.4, -0.2) is 88.9 Å². The van der Waals surface area contributed by atoms with Crippen LogP contribution < -0.4 is 21.2 Å². The van der Waals surface area contributed by atoms with Gasteiger partial charge in [0.15, 0.2) is 11.3 Å². The number of halogens is 3. The average Bonchev–Trinajstić information content (AvgIpc) is 3.87. The van der Waals surface area contributed by atoms with Gasteiger partial charge in [0.25, 0.3) is 12.3 Å². The van der Waals surface area contributed by atoms with E-state index in [0.717, 1.165) is 45.1 Å². The number of amides is 3. The van der Waals surface area contributed by atoms with E-state index >= 15 is 4.39 Å². The van der Waals surface area contributed by atoms with E-state index in [1.54, 1.807) is 24.0 Å². The molecule has 1 unspecified atom stereocenters. The lowest BCUT2D eigenvalue weighted by molar-refractivity contribution is -0.135. The summed E-state index contributed by atoms with van der Waals surface area (Å²) in [4.78, 5) is 59.4. The number of aryl methyl sites for hydroxylation is 1. The molecule has 5 aromatic rings. The van der Waals surface area contributed by atoms with E-state index in [4.69, 9.17) is 0 Å². The minimum absolute atomic E-state index is 0.0336. The normalized spacial score (nSPS) is 21.3. The van der Waals surface area contributed by atoms with E-state index in [-0.39, 0.29) is 42.1 Å². The number of piperidine rings is 2. The van der Waals surface area contributed by atoms with E-state index in [1.807, 2.05) is 4.90 Å². The summed E-state index contributed by atoms with van der Waals surface area (Å²) in [5.74, 6) is -1.54. The summed E-state index contributed by atoms with van der Waals surface area (Å²) in [6.45, 7) is 2.02. The Morgan fingerprint density at radius 3 is 2.56 bits per heavy atom. The number of alkyl halides is 2. The molecule has 3 aliphatic rings. The molecule has 55 heavy (non-hydrogen) atoms. The molecule has 4 aromatic heterocycles. The van der Waals surface area contributed by atoms with Gasteiger partial charge < -0.3 is 15.1 Å². The van der Waals surface area contributed by atoms with Gasteiger partial charge in [-0.1, -0.05) is 0 Å². The van der Waals surface area contributed by atoms with Gasteiger partial charge in [-0.2, -0.15) is 10.2 Å². The number of hydrogen-bond acceptors (Lipinski definition) is 9. The van der Waals surface area contributed by atoms with Crippen molar-refractivity contribution in [3.8, 4) is 0 Å². The molecule has 1 atom stereocenters. The van der Waals surface area contributed by atoms with Gasteiger partial charge in [0.1, 0.15) is 17.4 Å². The minimum Gasteiger partial charge on any atom is -0.367 e. The lowest BCUT2D eigenvalue weighted by Crippen LogP contribution is -2.45. The van der Waals surface area contributed by atoms with Gasteiger partial charge in [0, 0.05) is 57.7 Å². The maximum Gasteiger partial charge on any atom is 0.329 e. The maximum atomic E-state index is 15.6. The summed E-state index contributed by atoms with van der Waals surface area (Å²) in [6, 6.07) is 3.87. The third-order valence-electron chi connectivity index (χ3n) is 11.6. The summed E-state index contributed by atoms with van der Waals surface area (Å²) < 4.78 is 49.4. The third-order valence-corrected chi connectivity index (χ3v) is 11.6. The highest BCUT2D eigenvalue weighted by Crippen LogP contribution is 2.37. The molecule has 8 rings (SSSR count). The fourth-order valence-corrected chi connectivity index (χ4v) is 8.67. The third kappa shape index (κ3) is 6.76. The first-order valence-electron chi connectivity index (χ1n) is 18.6. The first-order chi connectivity index (χ1) is 26.5. The molecule has 0 spiro atoms. The number of hydrogen-bond donors (Lipinski definition) is 2. The SMILES string of the molecule is CN(C[C@H]1CC[C@H](n2cc(NC(=O)c3cnn4cccnc34)c(C(F)F)n2)CC1)C1CCN(c2c(F)ccc3c2n(C)c(=O)n3C2CCC(=O)NC2=O)CC1. The molecule has 1 aliphatic carbocycles. The molecule has 0 bridgehead atoms. The lowest BCUT2D eigenvalue weighted by atomic mass is 9.85. The Bertz CT molecular complexity index is 2330. The zero-order valence-corrected chi connectivity index (χ0v) is 30.5. The Morgan fingerprint density at radius 1 is 1.07 bits per heavy atom. The van der Waals surface area contributed by atoms with Gasteiger partial charge in [0.2, 0.25) is 11.8 Å². The molecule has 2 N–H and O–H groups in total. The van der Waals surface area contributed by atoms with Crippen LogP contribution in [0.1, 0.15) is 85.9 Å². The van der Waals surface area contributed by atoms with Crippen molar-refractivity contribution in [2.75, 3.05) is 36.9 Å². The molecular formula is C37H42F3N11O4. The first kappa shape index (κ1) is 36.5. The van der Waals surface area contributed by atoms with Crippen LogP contribution in [-0.2, 0) is 16.6 Å². The van der Waals surface area contributed by atoms with Crippen LogP contribution in [0.15, 0.2) is 47.8 Å². The predicted molar refractivity (Wildman–Crippen MR) is 196 cm³/mol. The van der Waals surface area contributed by atoms with Crippen LogP contribution in [0.5, 0.6) is 0 Å². The number of carbonyl (C=O) groups is 3. The number of imide groups is 1. The Balaban J connectivity index is 0.880. The van der Waals surface area contributed by atoms with Crippen molar-refractivity contribution in [3.05, 3.63) is 70.5 Å². The number of imidazole rings is 1. The second-order valence-corrected chi connectivity index (χ2v) is 14.9. The summed E-state index contributed by atoms with van der Waals surface area (Å²) in [7, 11) is 3.68. The summed E-state index contributed by atoms with van der Waals surface area (Å²) in [6.07, 6.45) is 8.32. The Labute approximate surface area is 313 Å². The van der Waals surface area contributed by atoms with Gasteiger partial charge in [-0.05, 0) is 76.1 Å². The molecular weight excluding hydrogens is 719 g/mol. The van der Waals surface area contributed by atoms with Crippen molar-refractivity contribution >= 4 is 45.8 Å². The molecule has 1 aromatic carbocycles. The Kier molecular flexibility index (Phi) is 9.69. The van der Waals surface area contributed by atoms with Crippen LogP contribution in [0.3, 0.4) is 0 Å². The van der Waals surface area contributed by atoms with Crippen molar-refractivity contribution in [3.63, 3.8) is 0 Å². The predicted octanol–water partition coefficient (Wildman–Crippen LogP) is 4.22. The van der Waals surface area contributed by atoms with Crippen LogP contribution in [0.25, 0.3) is 16.7 Å². The van der Waals surface area contributed by atoms with E-state index in [0.29, 0.717) is 41.4 Å². The van der Waals surface area contributed by atoms with E-state index in [2.05, 4.69) is 37.8 Å². The topological polar surface area (TPSA) is 157 Å². The molecule has 0 radical (unpaired) electrons. The van der Waals surface area contributed by atoms with Crippen LogP contribution in [0, 0.1) is 11.7 Å². The molecule has 15 nitrogen and oxygen atoms in total. The minimum atomic E-state index is -2.87. The van der Waals surface area contributed by atoms with Crippen molar-refractivity contribution in [2.45, 2.75) is 75.9 Å². The zero-order chi connectivity index (χ0) is 38.5. The van der Waals surface area contributed by atoms with Crippen LogP contribution in [0.4, 0.5) is 24.5 Å². The Hall–Kier alpha value is -5.52. The number of nitrogens with zero attached hydrogens (tertiary/aromatic N) is 9. The number of benzene rings is 1. The maximum absolute atomic E-state index is 15.6. The van der Waals surface area contributed by atoms with E-state index < -0.39 is 41.5 Å². The summed E-state index contributed by atoms with van der Waals surface area (Å²) in [5, 5.41) is 13.2. The zero-order valence-electron chi connectivity index (χ0n) is 30.5. The van der Waals surface area contributed by atoms with Crippen LogP contribution in [0.2, 0.25) is 0 Å². The monoisotopic (exact) mass is 761 g/mol. The number of rotatable bonds is 9. The van der Waals surface area contributed by atoms with Crippen molar-refractivity contribution < 1.29 is 27.6 Å².